The molecule has 0 aromatic heterocycles. The molecule has 0 atom stereocenters. The summed E-state index contributed by atoms with van der Waals surface area (Å²) in [6, 6.07) is 0. The normalized spacial score (nSPS) is 20.1. The van der Waals surface area contributed by atoms with Crippen LogP contribution in [-0.4, -0.2) is 18.4 Å². The molecule has 0 N–H and O–H groups in total. The number of carbonyl (C=O) groups is 2. The highest BCUT2D eigenvalue weighted by Gasteiger charge is 2.40. The number of allylic oxidation sites excluding steroid dienone is 1. The minimum atomic E-state index is -0.368. The summed E-state index contributed by atoms with van der Waals surface area (Å²) in [6.07, 6.45) is 0.410. The summed E-state index contributed by atoms with van der Waals surface area (Å²) in [7, 11) is 0. The van der Waals surface area contributed by atoms with Crippen molar-refractivity contribution >= 4 is 11.8 Å². The standard InChI is InChI=1S/C11H16O3/c1-5-14-10(13)9-7(2)8(12)6-11(9,3)4/h5-6H2,1-4H3. The molecule has 0 aliphatic heterocycles. The fourth-order valence-electron chi connectivity index (χ4n) is 1.90. The van der Waals surface area contributed by atoms with Crippen LogP contribution < -0.4 is 0 Å². The van der Waals surface area contributed by atoms with Gasteiger partial charge in [0.05, 0.1) is 6.61 Å². The minimum Gasteiger partial charge on any atom is -0.463 e. The van der Waals surface area contributed by atoms with Gasteiger partial charge in [0.25, 0.3) is 0 Å². The van der Waals surface area contributed by atoms with Gasteiger partial charge >= 0.3 is 5.97 Å². The first kappa shape index (κ1) is 11.0. The number of ether oxygens (including phenoxy) is 1. The Hall–Kier alpha value is -1.12. The molecule has 1 aliphatic carbocycles. The van der Waals surface area contributed by atoms with Crippen molar-refractivity contribution in [3.8, 4) is 0 Å². The zero-order valence-electron chi connectivity index (χ0n) is 9.14. The zero-order chi connectivity index (χ0) is 10.9. The fourth-order valence-corrected chi connectivity index (χ4v) is 1.90. The van der Waals surface area contributed by atoms with Gasteiger partial charge in [-0.2, -0.15) is 0 Å². The molecular weight excluding hydrogens is 180 g/mol. The summed E-state index contributed by atoms with van der Waals surface area (Å²) >= 11 is 0. The Morgan fingerprint density at radius 1 is 1.50 bits per heavy atom. The number of hydrogen-bond donors (Lipinski definition) is 0. The molecule has 0 saturated heterocycles. The van der Waals surface area contributed by atoms with Crippen LogP contribution in [-0.2, 0) is 14.3 Å². The smallest absolute Gasteiger partial charge is 0.334 e. The van der Waals surface area contributed by atoms with Gasteiger partial charge in [-0.1, -0.05) is 13.8 Å². The maximum Gasteiger partial charge on any atom is 0.334 e. The Labute approximate surface area is 84.1 Å². The lowest BCUT2D eigenvalue weighted by molar-refractivity contribution is -0.139. The van der Waals surface area contributed by atoms with Gasteiger partial charge in [-0.25, -0.2) is 4.79 Å². The maximum absolute atomic E-state index is 11.6. The summed E-state index contributed by atoms with van der Waals surface area (Å²) < 4.78 is 4.93. The fraction of sp³-hybridized carbons (Fsp3) is 0.636. The van der Waals surface area contributed by atoms with Gasteiger partial charge in [-0.3, -0.25) is 4.79 Å². The summed E-state index contributed by atoms with van der Waals surface area (Å²) in [6.45, 7) is 7.60. The zero-order valence-corrected chi connectivity index (χ0v) is 9.14. The predicted octanol–water partition coefficient (Wildman–Crippen LogP) is 1.86. The molecule has 0 amide bonds. The second-order valence-electron chi connectivity index (χ2n) is 4.20. The molecule has 0 unspecified atom stereocenters. The lowest BCUT2D eigenvalue weighted by Gasteiger charge is -2.19. The number of carbonyl (C=O) groups excluding carboxylic acids is 2. The average Bonchev–Trinajstić information content (AvgIpc) is 2.21. The van der Waals surface area contributed by atoms with Gasteiger partial charge in [-0.15, -0.1) is 0 Å². The van der Waals surface area contributed by atoms with E-state index in [1.54, 1.807) is 13.8 Å². The van der Waals surface area contributed by atoms with Crippen LogP contribution in [0.1, 0.15) is 34.1 Å². The molecule has 0 aromatic rings. The monoisotopic (exact) mass is 196 g/mol. The lowest BCUT2D eigenvalue weighted by Crippen LogP contribution is -2.20. The van der Waals surface area contributed by atoms with Gasteiger partial charge < -0.3 is 4.74 Å². The first-order chi connectivity index (χ1) is 6.40. The van der Waals surface area contributed by atoms with E-state index in [4.69, 9.17) is 4.74 Å². The van der Waals surface area contributed by atoms with Gasteiger partial charge in [0.15, 0.2) is 5.78 Å². The highest BCUT2D eigenvalue weighted by atomic mass is 16.5. The van der Waals surface area contributed by atoms with Crippen LogP contribution in [0.2, 0.25) is 0 Å². The van der Waals surface area contributed by atoms with Crippen LogP contribution in [0.5, 0.6) is 0 Å². The third-order valence-electron chi connectivity index (χ3n) is 2.55. The van der Waals surface area contributed by atoms with E-state index < -0.39 is 0 Å². The molecule has 0 saturated carbocycles. The Morgan fingerprint density at radius 2 is 2.07 bits per heavy atom. The Balaban J connectivity index is 3.04. The quantitative estimate of drug-likeness (QED) is 0.633. The number of esters is 1. The molecule has 0 spiro atoms. The van der Waals surface area contributed by atoms with Crippen molar-refractivity contribution in [1.29, 1.82) is 0 Å². The molecule has 1 aliphatic rings. The van der Waals surface area contributed by atoms with E-state index in [2.05, 4.69) is 0 Å². The van der Waals surface area contributed by atoms with Crippen LogP contribution in [0.15, 0.2) is 11.1 Å². The van der Waals surface area contributed by atoms with E-state index >= 15 is 0 Å². The molecule has 14 heavy (non-hydrogen) atoms. The van der Waals surface area contributed by atoms with Gasteiger partial charge in [-0.05, 0) is 13.8 Å². The second-order valence-corrected chi connectivity index (χ2v) is 4.20. The molecule has 0 fully saturated rings. The molecule has 3 heteroatoms. The SMILES string of the molecule is CCOC(=O)C1=C(C)C(=O)CC1(C)C. The van der Waals surface area contributed by atoms with E-state index in [0.717, 1.165) is 0 Å². The van der Waals surface area contributed by atoms with Gasteiger partial charge in [0, 0.05) is 23.0 Å². The van der Waals surface area contributed by atoms with Crippen LogP contribution in [0.25, 0.3) is 0 Å². The van der Waals surface area contributed by atoms with E-state index in [9.17, 15) is 9.59 Å². The Bertz CT molecular complexity index is 310. The molecule has 78 valence electrons. The molecule has 1 rings (SSSR count). The molecule has 0 heterocycles. The number of rotatable bonds is 2. The van der Waals surface area contributed by atoms with E-state index in [-0.39, 0.29) is 17.2 Å². The van der Waals surface area contributed by atoms with E-state index in [0.29, 0.717) is 24.2 Å². The van der Waals surface area contributed by atoms with E-state index in [1.807, 2.05) is 13.8 Å². The Kier molecular flexibility index (Phi) is 2.79. The van der Waals surface area contributed by atoms with Crippen molar-refractivity contribution in [2.75, 3.05) is 6.61 Å². The first-order valence-corrected chi connectivity index (χ1v) is 4.82. The minimum absolute atomic E-state index is 0.0538. The molecule has 0 aromatic carbocycles. The van der Waals surface area contributed by atoms with Crippen molar-refractivity contribution in [2.45, 2.75) is 34.1 Å². The largest absolute Gasteiger partial charge is 0.463 e. The van der Waals surface area contributed by atoms with E-state index in [1.165, 1.54) is 0 Å². The predicted molar refractivity (Wildman–Crippen MR) is 52.7 cm³/mol. The number of Topliss-reactive ketones (excluding diaryl/α,β-unsaturated/α-hetero) is 1. The maximum atomic E-state index is 11.6. The summed E-state index contributed by atoms with van der Waals surface area (Å²) in [5, 5.41) is 0. The van der Waals surface area contributed by atoms with Crippen molar-refractivity contribution < 1.29 is 14.3 Å². The van der Waals surface area contributed by atoms with Crippen LogP contribution in [0, 0.1) is 5.41 Å². The highest BCUT2D eigenvalue weighted by molar-refractivity contribution is 6.08. The average molecular weight is 196 g/mol. The van der Waals surface area contributed by atoms with Gasteiger partial charge in [0.2, 0.25) is 0 Å². The third kappa shape index (κ3) is 1.72. The van der Waals surface area contributed by atoms with Crippen LogP contribution >= 0.6 is 0 Å². The summed E-state index contributed by atoms with van der Waals surface area (Å²) in [5.41, 5.74) is 0.741. The molecule has 0 radical (unpaired) electrons. The number of ketones is 1. The number of hydrogen-bond acceptors (Lipinski definition) is 3. The van der Waals surface area contributed by atoms with Crippen molar-refractivity contribution in [1.82, 2.24) is 0 Å². The third-order valence-corrected chi connectivity index (χ3v) is 2.55. The highest BCUT2D eigenvalue weighted by Crippen LogP contribution is 2.40. The van der Waals surface area contributed by atoms with Crippen molar-refractivity contribution in [3.05, 3.63) is 11.1 Å². The first-order valence-electron chi connectivity index (χ1n) is 4.82. The van der Waals surface area contributed by atoms with Crippen molar-refractivity contribution in [2.24, 2.45) is 5.41 Å². The Morgan fingerprint density at radius 3 is 2.43 bits per heavy atom. The molecular formula is C11H16O3. The molecule has 3 nitrogen and oxygen atoms in total. The second kappa shape index (κ2) is 3.56. The summed E-state index contributed by atoms with van der Waals surface area (Å²) in [4.78, 5) is 23.0. The topological polar surface area (TPSA) is 43.4 Å². The summed E-state index contributed by atoms with van der Waals surface area (Å²) in [5.74, 6) is -0.293. The van der Waals surface area contributed by atoms with Crippen LogP contribution in [0.3, 0.4) is 0 Å². The van der Waals surface area contributed by atoms with Crippen molar-refractivity contribution in [3.63, 3.8) is 0 Å². The van der Waals surface area contributed by atoms with Gasteiger partial charge in [0.1, 0.15) is 0 Å². The van der Waals surface area contributed by atoms with Crippen LogP contribution in [0.4, 0.5) is 0 Å². The molecule has 0 bridgehead atoms. The lowest BCUT2D eigenvalue weighted by atomic mass is 9.85.